The molecule has 0 unspecified atom stereocenters. The third kappa shape index (κ3) is 10.1. The Labute approximate surface area is 615 Å². The minimum atomic E-state index is -3.07. The molecule has 0 saturated heterocycles. The van der Waals surface area contributed by atoms with Gasteiger partial charge in [-0.3, -0.25) is 4.57 Å². The molecule has 17 aromatic rings. The van der Waals surface area contributed by atoms with Crippen LogP contribution in [0.15, 0.2) is 289 Å². The molecule has 1 aliphatic heterocycles. The molecule has 5 heterocycles. The second-order valence-corrected chi connectivity index (χ2v) is 24.2. The van der Waals surface area contributed by atoms with E-state index in [0.717, 1.165) is 21.9 Å². The van der Waals surface area contributed by atoms with Gasteiger partial charge in [-0.25, -0.2) is 4.98 Å². The maximum atomic E-state index is 10.6. The number of para-hydroxylation sites is 2. The fourth-order valence-electron chi connectivity index (χ4n) is 13.0. The molecule has 0 amide bonds. The third-order valence-corrected chi connectivity index (χ3v) is 17.4. The molecule has 0 radical (unpaired) electrons. The Morgan fingerprint density at radius 2 is 1.08 bits per heavy atom. The number of imidazole rings is 1. The summed E-state index contributed by atoms with van der Waals surface area (Å²) < 4.78 is 274. The van der Waals surface area contributed by atoms with E-state index in [1.807, 2.05) is 53.1 Å². The minimum Gasteiger partial charge on any atom is -0.510 e. The Morgan fingerprint density at radius 1 is 0.474 bits per heavy atom. The maximum absolute atomic E-state index is 10.6. The summed E-state index contributed by atoms with van der Waals surface area (Å²) in [4.78, 5) is 4.85. The normalized spacial score (nSPS) is 16.1. The van der Waals surface area contributed by atoms with Gasteiger partial charge in [0.05, 0.1) is 45.5 Å². The average Bonchev–Trinajstić information content (AvgIpc) is 1.48. The summed E-state index contributed by atoms with van der Waals surface area (Å²) in [6.07, 6.45) is 5.26. The summed E-state index contributed by atoms with van der Waals surface area (Å²) in [7, 11) is 0. The van der Waals surface area contributed by atoms with Gasteiger partial charge in [0, 0.05) is 63.3 Å². The zero-order chi connectivity index (χ0) is 87.6. The Balaban J connectivity index is 0.0000109. The predicted molar refractivity (Wildman–Crippen MR) is 392 cm³/mol. The third-order valence-electron chi connectivity index (χ3n) is 17.4. The van der Waals surface area contributed by atoms with Gasteiger partial charge in [0.1, 0.15) is 17.0 Å². The van der Waals surface area contributed by atoms with E-state index in [0.29, 0.717) is 33.3 Å². The van der Waals surface area contributed by atoms with E-state index in [-0.39, 0.29) is 99.3 Å². The molecule has 6 nitrogen and oxygen atoms in total. The molecule has 0 bridgehead atoms. The summed E-state index contributed by atoms with van der Waals surface area (Å²) in [5.74, 6) is 0.792. The quantitative estimate of drug-likeness (QED) is 0.107. The van der Waals surface area contributed by atoms with E-state index in [2.05, 4.69) is 39.2 Å². The standard InChI is InChI=1S/C90H62N4O2.Pt/c1-56-22-20-23-57(2)87(56)65-49-77(60-38-41-85-78(47-60)76-35-17-19-37-84(76)96-85)88-79(50-65)72-32-14-12-30-70(72)71-31-13-15-33-73(71)80-48-64(63-45-61(58-24-8-6-9-25-58)44-62(46-63)59-26-10-7-11-27-59)51-83-89(80)93(88)55-92(83)67-28-21-29-68(53-67)95-69-39-40-75-74-34-16-18-36-81(74)94(82(75)54-69)86-52-66(42-43-91-86)90(3,4)5;/h6-52H,1-5H3;/q-2;/i1D3,2D3,6D,7D,8D,9D,10D,11D,12D,13D,14D,15D,24D,25D,26D,27D,30D,31D,32D,33D,44D,45D,46D;. The van der Waals surface area contributed by atoms with Crippen molar-refractivity contribution in [3.63, 3.8) is 0 Å². The van der Waals surface area contributed by atoms with Crippen molar-refractivity contribution in [2.75, 3.05) is 0 Å². The van der Waals surface area contributed by atoms with Crippen molar-refractivity contribution in [1.82, 2.24) is 14.1 Å². The van der Waals surface area contributed by atoms with Gasteiger partial charge < -0.3 is 18.3 Å². The molecule has 1 aliphatic rings. The molecule has 0 saturated carbocycles. The van der Waals surface area contributed by atoms with E-state index in [9.17, 15) is 20.6 Å². The number of ether oxygens (including phenoxy) is 1. The number of fused-ring (bicyclic) bond motifs is 13. The molecule has 466 valence electrons. The van der Waals surface area contributed by atoms with E-state index < -0.39 is 202 Å². The van der Waals surface area contributed by atoms with Crippen molar-refractivity contribution in [2.24, 2.45) is 0 Å². The zero-order valence-electron chi connectivity index (χ0n) is 78.4. The molecule has 0 aliphatic carbocycles. The van der Waals surface area contributed by atoms with Gasteiger partial charge in [0.2, 0.25) is 0 Å². The van der Waals surface area contributed by atoms with Crippen molar-refractivity contribution in [1.29, 1.82) is 0 Å². The molecular formula is C90H62N4O2Pt-2. The van der Waals surface area contributed by atoms with Gasteiger partial charge in [-0.15, -0.1) is 29.7 Å². The minimum absolute atomic E-state index is 0. The number of rotatable bonds is 9. The van der Waals surface area contributed by atoms with Crippen LogP contribution in [0.3, 0.4) is 0 Å². The predicted octanol–water partition coefficient (Wildman–Crippen LogP) is 23.1. The molecule has 0 N–H and O–H groups in total. The Bertz CT molecular complexity index is 7400. The average molecular weight is 1450 g/mol. The van der Waals surface area contributed by atoms with Crippen LogP contribution in [0, 0.1) is 32.2 Å². The number of pyridine rings is 1. The van der Waals surface area contributed by atoms with Crippen LogP contribution in [-0.2, 0) is 26.5 Å². The summed E-state index contributed by atoms with van der Waals surface area (Å²) in [6.45, 7) is 0.143. The first-order valence-electron chi connectivity index (χ1n) is 44.1. The van der Waals surface area contributed by atoms with Gasteiger partial charge in [0.25, 0.3) is 6.33 Å². The first kappa shape index (κ1) is 37.0. The van der Waals surface area contributed by atoms with E-state index in [4.69, 9.17) is 30.6 Å². The van der Waals surface area contributed by atoms with Gasteiger partial charge in [-0.05, 0) is 209 Å². The van der Waals surface area contributed by atoms with Gasteiger partial charge >= 0.3 is 0 Å². The topological polar surface area (TPSA) is 49.0 Å². The van der Waals surface area contributed by atoms with Crippen LogP contribution < -0.4 is 9.30 Å². The zero-order valence-corrected chi connectivity index (χ0v) is 53.7. The van der Waals surface area contributed by atoms with Gasteiger partial charge in [-0.2, -0.15) is 18.2 Å². The van der Waals surface area contributed by atoms with Crippen molar-refractivity contribution in [3.8, 4) is 118 Å². The summed E-state index contributed by atoms with van der Waals surface area (Å²) in [5.41, 5.74) is -5.47. The molecule has 7 heteroatoms. The van der Waals surface area contributed by atoms with Crippen LogP contribution in [0.25, 0.3) is 161 Å². The SMILES string of the molecule is [2H]c1c([2H])c([2H])c(-c2c([2H])c(-c3cc4c5c(c3)n(-c3[c-]c(Oc6[c-]c7c(cc6)c6ccccc6n7-c6cc(C(C)(C)C)ccn6)ccc3)[c-][n+]5-c3c(-c5ccc6oc7ccccc7c6c5)cc(-c5c(C([2H])([2H])[2H])cccc5C([2H])([2H])[2H])cc3-c3c([2H])c([2H])c([2H])c([2H])c3-c3c([2H])c([2H])c([2H])c([2H])c3-4)c([2H])c(-c3c([2H])c([2H])c([2H])c([2H])c3[2H])c2[2H])c([2H])c1[2H].[Pt]. The smallest absolute Gasteiger partial charge is 0.268 e. The van der Waals surface area contributed by atoms with Crippen LogP contribution in [0.2, 0.25) is 0 Å². The molecule has 18 rings (SSSR count). The molecule has 0 fully saturated rings. The molecule has 97 heavy (non-hydrogen) atoms. The Morgan fingerprint density at radius 3 is 1.79 bits per heavy atom. The van der Waals surface area contributed by atoms with Gasteiger partial charge in [0.15, 0.2) is 0 Å². The number of nitrogens with zero attached hydrogens (tertiary/aromatic N) is 4. The maximum Gasteiger partial charge on any atom is 0.268 e. The molecule has 0 atom stereocenters. The Kier molecular flexibility index (Phi) is 8.96. The van der Waals surface area contributed by atoms with Crippen LogP contribution >= 0.6 is 0 Å². The van der Waals surface area contributed by atoms with Crippen LogP contribution in [0.5, 0.6) is 11.5 Å². The van der Waals surface area contributed by atoms with E-state index in [1.54, 1.807) is 66.9 Å². The molecule has 13 aromatic carbocycles. The number of furan rings is 1. The van der Waals surface area contributed by atoms with Gasteiger partial charge in [-0.1, -0.05) is 202 Å². The summed E-state index contributed by atoms with van der Waals surface area (Å²) in [5, 5.41) is 2.80. The number of hydrogen-bond donors (Lipinski definition) is 0. The summed E-state index contributed by atoms with van der Waals surface area (Å²) in [6, 6.07) is 29.1. The van der Waals surface area contributed by atoms with Crippen molar-refractivity contribution >= 4 is 54.8 Å². The van der Waals surface area contributed by atoms with E-state index in [1.165, 1.54) is 51.6 Å². The monoisotopic (exact) mass is 1450 g/mol. The van der Waals surface area contributed by atoms with Crippen LogP contribution in [0.4, 0.5) is 0 Å². The molecular weight excluding hydrogens is 1360 g/mol. The number of benzene rings is 13. The van der Waals surface area contributed by atoms with Crippen molar-refractivity contribution < 1.29 is 71.8 Å². The first-order valence-corrected chi connectivity index (χ1v) is 30.6. The number of aryl methyl sites for hydroxylation is 2. The van der Waals surface area contributed by atoms with Crippen LogP contribution in [-0.4, -0.2) is 14.1 Å². The second-order valence-electron chi connectivity index (χ2n) is 24.2. The number of hydrogen-bond acceptors (Lipinski definition) is 3. The second kappa shape index (κ2) is 23.5. The van der Waals surface area contributed by atoms with E-state index >= 15 is 0 Å². The fraction of sp³-hybridized carbons (Fsp3) is 0.0667. The van der Waals surface area contributed by atoms with Crippen LogP contribution in [0.1, 0.15) is 74.5 Å². The summed E-state index contributed by atoms with van der Waals surface area (Å²) >= 11 is 0. The van der Waals surface area contributed by atoms with Crippen molar-refractivity contribution in [3.05, 3.63) is 320 Å². The fourth-order valence-corrected chi connectivity index (χ4v) is 13.0. The van der Waals surface area contributed by atoms with Crippen molar-refractivity contribution in [2.45, 2.75) is 39.9 Å². The largest absolute Gasteiger partial charge is 0.510 e. The molecule has 4 aromatic heterocycles. The first-order chi connectivity index (χ1) is 58.2. The number of aromatic nitrogens is 4. The molecule has 0 spiro atoms. The Hall–Kier alpha value is -11.4.